The SMILES string of the molecule is N#Cc1ccc(-c2ccc3c(c2)c2cc(-c4ccc(C#N)cc4C#N)ccc2n3-c2ccc(-c3nc(-c4ccccc4)cc(-c4ccccc4)n3)cc2-c2nc(-c3ccccc3)nc(-c3ccccc3)n2)c(C#N)c1. The lowest BCUT2D eigenvalue weighted by Gasteiger charge is -2.17. The number of nitriles is 4. The van der Waals surface area contributed by atoms with E-state index in [1.807, 2.05) is 170 Å². The quantitative estimate of drug-likeness (QED) is 0.137. The Morgan fingerprint density at radius 3 is 1.15 bits per heavy atom. The molecule has 3 heterocycles. The largest absolute Gasteiger partial charge is 0.308 e. The second kappa shape index (κ2) is 19.2. The number of rotatable bonds is 9. The van der Waals surface area contributed by atoms with Crippen LogP contribution in [0.15, 0.2) is 218 Å². The van der Waals surface area contributed by atoms with Crippen LogP contribution >= 0.6 is 0 Å². The summed E-state index contributed by atoms with van der Waals surface area (Å²) >= 11 is 0. The zero-order chi connectivity index (χ0) is 50.8. The molecule has 10 nitrogen and oxygen atoms in total. The van der Waals surface area contributed by atoms with E-state index in [2.05, 4.69) is 53.1 Å². The monoisotopic (exact) mass is 956 g/mol. The lowest BCUT2D eigenvalue weighted by molar-refractivity contribution is 1.06. The summed E-state index contributed by atoms with van der Waals surface area (Å²) in [6.45, 7) is 0. The summed E-state index contributed by atoms with van der Waals surface area (Å²) in [5, 5.41) is 41.8. The maximum atomic E-state index is 10.3. The number of fused-ring (bicyclic) bond motifs is 3. The van der Waals surface area contributed by atoms with Crippen LogP contribution in [0.4, 0.5) is 0 Å². The fraction of sp³-hybridized carbons (Fsp3) is 0. The molecule has 0 atom stereocenters. The van der Waals surface area contributed by atoms with Gasteiger partial charge in [-0.3, -0.25) is 0 Å². The molecule has 0 aliphatic heterocycles. The lowest BCUT2D eigenvalue weighted by Crippen LogP contribution is -2.04. The van der Waals surface area contributed by atoms with Crippen molar-refractivity contribution in [2.45, 2.75) is 0 Å². The van der Waals surface area contributed by atoms with Crippen LogP contribution < -0.4 is 0 Å². The first kappa shape index (κ1) is 45.0. The molecule has 0 unspecified atom stereocenters. The van der Waals surface area contributed by atoms with Crippen LogP contribution in [0.2, 0.25) is 0 Å². The number of aromatic nitrogens is 6. The Balaban J connectivity index is 1.16. The van der Waals surface area contributed by atoms with Crippen molar-refractivity contribution in [2.75, 3.05) is 0 Å². The predicted octanol–water partition coefficient (Wildman–Crippen LogP) is 14.6. The standard InChI is InChI=1S/C65H36N10/c66-37-41-21-26-52(50(31-41)39-68)47-23-28-59-54(33-47)55-34-48(53-27-22-42(38-67)32-51(53)40-69)24-29-60(55)75(59)61-30-25-49(64-70-57(43-13-5-1-6-14-43)36-58(71-64)44-15-7-2-8-16-44)35-56(61)65-73-62(45-17-9-3-10-18-45)72-63(74-65)46-19-11-4-12-20-46/h1-36H. The van der Waals surface area contributed by atoms with Crippen LogP contribution in [0, 0.1) is 45.3 Å². The Hall–Kier alpha value is -11.2. The summed E-state index contributed by atoms with van der Waals surface area (Å²) < 4.78 is 2.19. The minimum atomic E-state index is 0.374. The van der Waals surface area contributed by atoms with Crippen molar-refractivity contribution in [1.29, 1.82) is 21.0 Å². The molecule has 0 bridgehead atoms. The zero-order valence-corrected chi connectivity index (χ0v) is 39.8. The molecule has 0 N–H and O–H groups in total. The first-order valence-corrected chi connectivity index (χ1v) is 24.0. The summed E-state index contributed by atoms with van der Waals surface area (Å²) in [4.78, 5) is 26.1. The van der Waals surface area contributed by atoms with Gasteiger partial charge in [0.2, 0.25) is 0 Å². The van der Waals surface area contributed by atoms with Gasteiger partial charge in [-0.25, -0.2) is 24.9 Å². The highest BCUT2D eigenvalue weighted by Gasteiger charge is 2.23. The molecule has 12 rings (SSSR count). The Morgan fingerprint density at radius 2 is 0.707 bits per heavy atom. The minimum absolute atomic E-state index is 0.374. The molecule has 0 spiro atoms. The average Bonchev–Trinajstić information content (AvgIpc) is 3.88. The molecule has 0 saturated heterocycles. The molecule has 12 aromatic rings. The fourth-order valence-electron chi connectivity index (χ4n) is 9.60. The van der Waals surface area contributed by atoms with Crippen LogP contribution in [0.1, 0.15) is 22.3 Å². The van der Waals surface area contributed by atoms with Crippen LogP contribution in [0.25, 0.3) is 118 Å². The normalized spacial score (nSPS) is 10.9. The second-order valence-electron chi connectivity index (χ2n) is 17.7. The van der Waals surface area contributed by atoms with Crippen molar-refractivity contribution in [3.8, 4) is 120 Å². The molecule has 75 heavy (non-hydrogen) atoms. The molecule has 0 fully saturated rings. The molecule has 3 aromatic heterocycles. The lowest BCUT2D eigenvalue weighted by atomic mass is 9.95. The van der Waals surface area contributed by atoms with E-state index < -0.39 is 0 Å². The minimum Gasteiger partial charge on any atom is -0.308 e. The highest BCUT2D eigenvalue weighted by Crippen LogP contribution is 2.42. The Kier molecular flexibility index (Phi) is 11.5. The summed E-state index contributed by atoms with van der Waals surface area (Å²) in [5.74, 6) is 1.91. The molecule has 0 aliphatic carbocycles. The molecule has 0 aliphatic rings. The van der Waals surface area contributed by atoms with E-state index in [9.17, 15) is 21.0 Å². The summed E-state index contributed by atoms with van der Waals surface area (Å²) in [5.41, 5.74) is 13.3. The van der Waals surface area contributed by atoms with Crippen molar-refractivity contribution in [3.63, 3.8) is 0 Å². The molecular weight excluding hydrogens is 921 g/mol. The predicted molar refractivity (Wildman–Crippen MR) is 292 cm³/mol. The summed E-state index contributed by atoms with van der Waals surface area (Å²) in [7, 11) is 0. The van der Waals surface area contributed by atoms with Crippen molar-refractivity contribution in [2.24, 2.45) is 0 Å². The van der Waals surface area contributed by atoms with Gasteiger partial charge in [0.25, 0.3) is 0 Å². The third-order valence-corrected chi connectivity index (χ3v) is 13.2. The Morgan fingerprint density at radius 1 is 0.293 bits per heavy atom. The smallest absolute Gasteiger partial charge is 0.166 e. The van der Waals surface area contributed by atoms with E-state index in [4.69, 9.17) is 24.9 Å². The van der Waals surface area contributed by atoms with Crippen molar-refractivity contribution >= 4 is 21.8 Å². The Bertz CT molecular complexity index is 4140. The second-order valence-corrected chi connectivity index (χ2v) is 17.7. The summed E-state index contributed by atoms with van der Waals surface area (Å²) in [6, 6.07) is 79.4. The van der Waals surface area contributed by atoms with E-state index in [0.29, 0.717) is 62.2 Å². The zero-order valence-electron chi connectivity index (χ0n) is 39.8. The first-order valence-electron chi connectivity index (χ1n) is 24.0. The van der Waals surface area contributed by atoms with Gasteiger partial charge in [-0.05, 0) is 95.1 Å². The van der Waals surface area contributed by atoms with Gasteiger partial charge in [-0.15, -0.1) is 0 Å². The summed E-state index contributed by atoms with van der Waals surface area (Å²) in [6.07, 6.45) is 0. The van der Waals surface area contributed by atoms with E-state index in [1.54, 1.807) is 24.3 Å². The van der Waals surface area contributed by atoms with Gasteiger partial charge < -0.3 is 4.57 Å². The molecule has 0 saturated carbocycles. The van der Waals surface area contributed by atoms with E-state index in [-0.39, 0.29) is 0 Å². The highest BCUT2D eigenvalue weighted by molar-refractivity contribution is 6.12. The van der Waals surface area contributed by atoms with Crippen LogP contribution in [-0.2, 0) is 0 Å². The van der Waals surface area contributed by atoms with Crippen molar-refractivity contribution in [1.82, 2.24) is 29.5 Å². The van der Waals surface area contributed by atoms with Gasteiger partial charge in [0, 0.05) is 44.2 Å². The van der Waals surface area contributed by atoms with Gasteiger partial charge in [0.15, 0.2) is 23.3 Å². The topological polar surface area (TPSA) is 165 Å². The molecule has 346 valence electrons. The average molecular weight is 957 g/mol. The maximum Gasteiger partial charge on any atom is 0.166 e. The van der Waals surface area contributed by atoms with Gasteiger partial charge in [0.05, 0.1) is 74.6 Å². The van der Waals surface area contributed by atoms with E-state index in [0.717, 1.165) is 77.8 Å². The van der Waals surface area contributed by atoms with Gasteiger partial charge >= 0.3 is 0 Å². The molecular formula is C65H36N10. The molecule has 10 heteroatoms. The third-order valence-electron chi connectivity index (χ3n) is 13.2. The van der Waals surface area contributed by atoms with Crippen LogP contribution in [0.3, 0.4) is 0 Å². The number of hydrogen-bond acceptors (Lipinski definition) is 9. The Labute approximate surface area is 431 Å². The van der Waals surface area contributed by atoms with Crippen LogP contribution in [-0.4, -0.2) is 29.5 Å². The first-order chi connectivity index (χ1) is 37.0. The van der Waals surface area contributed by atoms with Crippen molar-refractivity contribution in [3.05, 3.63) is 241 Å². The van der Waals surface area contributed by atoms with E-state index in [1.165, 1.54) is 0 Å². The molecule has 9 aromatic carbocycles. The van der Waals surface area contributed by atoms with E-state index >= 15 is 0 Å². The number of benzene rings is 9. The fourth-order valence-corrected chi connectivity index (χ4v) is 9.60. The number of hydrogen-bond donors (Lipinski definition) is 0. The van der Waals surface area contributed by atoms with Gasteiger partial charge in [0.1, 0.15) is 0 Å². The third kappa shape index (κ3) is 8.45. The maximum absolute atomic E-state index is 10.3. The van der Waals surface area contributed by atoms with Gasteiger partial charge in [-0.1, -0.05) is 146 Å². The van der Waals surface area contributed by atoms with Crippen molar-refractivity contribution < 1.29 is 0 Å². The molecule has 0 radical (unpaired) electrons. The molecule has 0 amide bonds. The number of nitrogens with zero attached hydrogens (tertiary/aromatic N) is 10. The van der Waals surface area contributed by atoms with Gasteiger partial charge in [-0.2, -0.15) is 21.0 Å². The highest BCUT2D eigenvalue weighted by atomic mass is 15.1. The van der Waals surface area contributed by atoms with Crippen LogP contribution in [0.5, 0.6) is 0 Å².